The first-order valence-electron chi connectivity index (χ1n) is 7.10. The first kappa shape index (κ1) is 14.9. The molecule has 2 aromatic rings. The van der Waals surface area contributed by atoms with E-state index in [9.17, 15) is 4.79 Å². The van der Waals surface area contributed by atoms with Gasteiger partial charge in [-0.3, -0.25) is 4.79 Å². The minimum atomic E-state index is -0.163. The van der Waals surface area contributed by atoms with Gasteiger partial charge in [-0.1, -0.05) is 40.2 Å². The van der Waals surface area contributed by atoms with E-state index in [-0.39, 0.29) is 12.0 Å². The van der Waals surface area contributed by atoms with Crippen molar-refractivity contribution in [3.05, 3.63) is 58.6 Å². The maximum atomic E-state index is 12.0. The number of carbonyl (C=O) groups is 1. The lowest BCUT2D eigenvalue weighted by Gasteiger charge is -2.26. The van der Waals surface area contributed by atoms with Crippen molar-refractivity contribution in [3.63, 3.8) is 0 Å². The molecule has 2 aromatic carbocycles. The van der Waals surface area contributed by atoms with Crippen molar-refractivity contribution in [2.24, 2.45) is 0 Å². The number of hydrogen-bond acceptors (Lipinski definition) is 3. The Morgan fingerprint density at radius 2 is 1.86 bits per heavy atom. The van der Waals surface area contributed by atoms with Gasteiger partial charge < -0.3 is 14.8 Å². The molecule has 1 heterocycles. The molecular formula is C17H16BrNO3. The van der Waals surface area contributed by atoms with Crippen LogP contribution in [0.3, 0.4) is 0 Å². The maximum absolute atomic E-state index is 12.0. The molecule has 0 aromatic heterocycles. The third kappa shape index (κ3) is 3.80. The van der Waals surface area contributed by atoms with Crippen LogP contribution in [0.25, 0.3) is 0 Å². The van der Waals surface area contributed by atoms with Gasteiger partial charge in [-0.25, -0.2) is 0 Å². The first-order valence-corrected chi connectivity index (χ1v) is 7.89. The van der Waals surface area contributed by atoms with Crippen molar-refractivity contribution in [2.75, 3.05) is 13.2 Å². The number of nitrogens with one attached hydrogen (secondary N) is 1. The number of rotatable bonds is 4. The Morgan fingerprint density at radius 1 is 1.14 bits per heavy atom. The molecule has 1 aliphatic rings. The van der Waals surface area contributed by atoms with Gasteiger partial charge in [-0.2, -0.15) is 0 Å². The summed E-state index contributed by atoms with van der Waals surface area (Å²) in [4.78, 5) is 12.0. The molecule has 4 nitrogen and oxygen atoms in total. The van der Waals surface area contributed by atoms with Gasteiger partial charge in [-0.15, -0.1) is 0 Å². The summed E-state index contributed by atoms with van der Waals surface area (Å²) < 4.78 is 12.4. The quantitative estimate of drug-likeness (QED) is 0.910. The first-order chi connectivity index (χ1) is 10.7. The summed E-state index contributed by atoms with van der Waals surface area (Å²) >= 11 is 3.38. The minimum absolute atomic E-state index is 0.0234. The van der Waals surface area contributed by atoms with Crippen LogP contribution in [-0.4, -0.2) is 25.2 Å². The number of para-hydroxylation sites is 2. The minimum Gasteiger partial charge on any atom is -0.486 e. The molecule has 1 amide bonds. The van der Waals surface area contributed by atoms with E-state index in [0.29, 0.717) is 19.6 Å². The van der Waals surface area contributed by atoms with Gasteiger partial charge in [-0.05, 0) is 29.8 Å². The number of ether oxygens (including phenoxy) is 2. The van der Waals surface area contributed by atoms with Gasteiger partial charge >= 0.3 is 0 Å². The number of carbonyl (C=O) groups excluding carboxylic acids is 1. The second kappa shape index (κ2) is 6.83. The predicted octanol–water partition coefficient (Wildman–Crippen LogP) is 2.95. The standard InChI is InChI=1S/C17H16BrNO3/c18-13-7-5-12(6-8-13)9-17(20)19-10-14-11-21-15-3-1-2-4-16(15)22-14/h1-8,14H,9-11H2,(H,19,20). The molecule has 3 rings (SSSR count). The van der Waals surface area contributed by atoms with Crippen LogP contribution in [-0.2, 0) is 11.2 Å². The van der Waals surface area contributed by atoms with Crippen LogP contribution in [0.15, 0.2) is 53.0 Å². The Labute approximate surface area is 137 Å². The van der Waals surface area contributed by atoms with Crippen molar-refractivity contribution < 1.29 is 14.3 Å². The van der Waals surface area contributed by atoms with Gasteiger partial charge in [0.2, 0.25) is 5.91 Å². The average Bonchev–Trinajstić information content (AvgIpc) is 2.55. The Bertz CT molecular complexity index is 657. The highest BCUT2D eigenvalue weighted by Crippen LogP contribution is 2.30. The van der Waals surface area contributed by atoms with Gasteiger partial charge in [0, 0.05) is 4.47 Å². The summed E-state index contributed by atoms with van der Waals surface area (Å²) in [7, 11) is 0. The molecule has 0 bridgehead atoms. The fourth-order valence-electron chi connectivity index (χ4n) is 2.24. The third-order valence-electron chi connectivity index (χ3n) is 3.37. The molecule has 0 fully saturated rings. The van der Waals surface area contributed by atoms with Crippen molar-refractivity contribution in [3.8, 4) is 11.5 Å². The van der Waals surface area contributed by atoms with Crippen LogP contribution in [0.1, 0.15) is 5.56 Å². The molecule has 0 saturated carbocycles. The van der Waals surface area contributed by atoms with E-state index in [1.807, 2.05) is 48.5 Å². The summed E-state index contributed by atoms with van der Waals surface area (Å²) in [6, 6.07) is 15.3. The highest BCUT2D eigenvalue weighted by molar-refractivity contribution is 9.10. The molecular weight excluding hydrogens is 346 g/mol. The fourth-order valence-corrected chi connectivity index (χ4v) is 2.51. The van der Waals surface area contributed by atoms with E-state index in [4.69, 9.17) is 9.47 Å². The lowest BCUT2D eigenvalue weighted by molar-refractivity contribution is -0.120. The van der Waals surface area contributed by atoms with Gasteiger partial charge in [0.1, 0.15) is 12.7 Å². The Hall–Kier alpha value is -2.01. The lowest BCUT2D eigenvalue weighted by atomic mass is 10.1. The molecule has 0 saturated heterocycles. The van der Waals surface area contributed by atoms with Crippen LogP contribution in [0.2, 0.25) is 0 Å². The molecule has 1 atom stereocenters. The zero-order chi connectivity index (χ0) is 15.4. The Balaban J connectivity index is 1.49. The zero-order valence-electron chi connectivity index (χ0n) is 11.9. The molecule has 1 unspecified atom stereocenters. The summed E-state index contributed by atoms with van der Waals surface area (Å²) in [6.45, 7) is 0.874. The number of hydrogen-bond donors (Lipinski definition) is 1. The van der Waals surface area contributed by atoms with Crippen LogP contribution in [0.4, 0.5) is 0 Å². The van der Waals surface area contributed by atoms with E-state index in [2.05, 4.69) is 21.2 Å². The molecule has 22 heavy (non-hydrogen) atoms. The highest BCUT2D eigenvalue weighted by Gasteiger charge is 2.20. The normalized spacial score (nSPS) is 16.1. The molecule has 0 aliphatic carbocycles. The van der Waals surface area contributed by atoms with E-state index in [1.54, 1.807) is 0 Å². The average molecular weight is 362 g/mol. The summed E-state index contributed by atoms with van der Waals surface area (Å²) in [5, 5.41) is 2.89. The third-order valence-corrected chi connectivity index (χ3v) is 3.90. The smallest absolute Gasteiger partial charge is 0.224 e. The van der Waals surface area contributed by atoms with Crippen molar-refractivity contribution in [1.82, 2.24) is 5.32 Å². The largest absolute Gasteiger partial charge is 0.486 e. The molecule has 0 spiro atoms. The van der Waals surface area contributed by atoms with Gasteiger partial charge in [0.05, 0.1) is 13.0 Å². The van der Waals surface area contributed by atoms with Crippen molar-refractivity contribution in [2.45, 2.75) is 12.5 Å². The molecule has 1 N–H and O–H groups in total. The van der Waals surface area contributed by atoms with Gasteiger partial charge in [0.25, 0.3) is 0 Å². The van der Waals surface area contributed by atoms with E-state index < -0.39 is 0 Å². The second-order valence-electron chi connectivity index (χ2n) is 5.10. The number of amides is 1. The topological polar surface area (TPSA) is 47.6 Å². The molecule has 1 aliphatic heterocycles. The molecule has 5 heteroatoms. The predicted molar refractivity (Wildman–Crippen MR) is 87.2 cm³/mol. The lowest BCUT2D eigenvalue weighted by Crippen LogP contribution is -2.41. The van der Waals surface area contributed by atoms with Crippen LogP contribution in [0.5, 0.6) is 11.5 Å². The fraction of sp³-hybridized carbons (Fsp3) is 0.235. The molecule has 0 radical (unpaired) electrons. The van der Waals surface area contributed by atoms with Gasteiger partial charge in [0.15, 0.2) is 11.5 Å². The van der Waals surface area contributed by atoms with Crippen LogP contribution in [0, 0.1) is 0 Å². The zero-order valence-corrected chi connectivity index (χ0v) is 13.5. The maximum Gasteiger partial charge on any atom is 0.224 e. The number of benzene rings is 2. The van der Waals surface area contributed by atoms with E-state index >= 15 is 0 Å². The SMILES string of the molecule is O=C(Cc1ccc(Br)cc1)NCC1COc2ccccc2O1. The van der Waals surface area contributed by atoms with E-state index in [0.717, 1.165) is 21.5 Å². The monoisotopic (exact) mass is 361 g/mol. The Morgan fingerprint density at radius 3 is 2.64 bits per heavy atom. The number of halogens is 1. The second-order valence-corrected chi connectivity index (χ2v) is 6.02. The molecule has 114 valence electrons. The highest BCUT2D eigenvalue weighted by atomic mass is 79.9. The van der Waals surface area contributed by atoms with E-state index in [1.165, 1.54) is 0 Å². The van der Waals surface area contributed by atoms with Crippen molar-refractivity contribution in [1.29, 1.82) is 0 Å². The Kier molecular flexibility index (Phi) is 4.63. The van der Waals surface area contributed by atoms with Crippen molar-refractivity contribution >= 4 is 21.8 Å². The summed E-state index contributed by atoms with van der Waals surface area (Å²) in [6.07, 6.45) is 0.195. The number of fused-ring (bicyclic) bond motifs is 1. The summed E-state index contributed by atoms with van der Waals surface area (Å²) in [5.41, 5.74) is 0.979. The van der Waals surface area contributed by atoms with Crippen LogP contribution < -0.4 is 14.8 Å². The summed E-state index contributed by atoms with van der Waals surface area (Å²) in [5.74, 6) is 1.45. The van der Waals surface area contributed by atoms with Crippen LogP contribution >= 0.6 is 15.9 Å².